The Kier molecular flexibility index (Phi) is 5.54. The Morgan fingerprint density at radius 1 is 1.00 bits per heavy atom. The summed E-state index contributed by atoms with van der Waals surface area (Å²) >= 11 is 0. The molecule has 1 aliphatic rings. The molecule has 0 saturated carbocycles. The Morgan fingerprint density at radius 3 is 2.32 bits per heavy atom. The molecule has 0 aliphatic carbocycles. The summed E-state index contributed by atoms with van der Waals surface area (Å²) in [6.45, 7) is 4.59. The lowest BCUT2D eigenvalue weighted by molar-refractivity contribution is -0.117. The zero-order chi connectivity index (χ0) is 22.1. The van der Waals surface area contributed by atoms with E-state index in [4.69, 9.17) is 18.7 Å². The minimum atomic E-state index is -0.169. The van der Waals surface area contributed by atoms with Gasteiger partial charge in [0.1, 0.15) is 0 Å². The number of methoxy groups -OCH3 is 3. The highest BCUT2D eigenvalue weighted by molar-refractivity contribution is 5.96. The molecule has 0 bridgehead atoms. The summed E-state index contributed by atoms with van der Waals surface area (Å²) in [5, 5.41) is 4.12. The van der Waals surface area contributed by atoms with Gasteiger partial charge in [-0.25, -0.2) is 0 Å². The van der Waals surface area contributed by atoms with Crippen LogP contribution in [0.15, 0.2) is 34.9 Å². The van der Waals surface area contributed by atoms with Crippen molar-refractivity contribution < 1.29 is 23.5 Å². The van der Waals surface area contributed by atoms with E-state index < -0.39 is 0 Å². The molecule has 1 aliphatic heterocycles. The quantitative estimate of drug-likeness (QED) is 0.594. The normalized spacial score (nSPS) is 16.0. The molecule has 2 aromatic carbocycles. The van der Waals surface area contributed by atoms with E-state index >= 15 is 0 Å². The van der Waals surface area contributed by atoms with E-state index in [1.807, 2.05) is 25.1 Å². The lowest BCUT2D eigenvalue weighted by Gasteiger charge is -2.17. The molecular formula is C23H25N3O5. The molecule has 1 fully saturated rings. The van der Waals surface area contributed by atoms with Crippen LogP contribution in [0.3, 0.4) is 0 Å². The van der Waals surface area contributed by atoms with E-state index in [1.54, 1.807) is 38.4 Å². The molecule has 0 spiro atoms. The summed E-state index contributed by atoms with van der Waals surface area (Å²) < 4.78 is 21.7. The van der Waals surface area contributed by atoms with E-state index in [0.717, 1.165) is 11.3 Å². The first-order chi connectivity index (χ1) is 14.9. The minimum Gasteiger partial charge on any atom is -0.493 e. The summed E-state index contributed by atoms with van der Waals surface area (Å²) in [6.07, 6.45) is 0.323. The summed E-state index contributed by atoms with van der Waals surface area (Å²) in [5.41, 5.74) is 3.90. The van der Waals surface area contributed by atoms with Crippen LogP contribution in [0, 0.1) is 13.8 Å². The van der Waals surface area contributed by atoms with Crippen molar-refractivity contribution in [2.45, 2.75) is 26.2 Å². The molecule has 1 saturated heterocycles. The van der Waals surface area contributed by atoms with Crippen LogP contribution in [0.2, 0.25) is 0 Å². The van der Waals surface area contributed by atoms with Gasteiger partial charge in [0.25, 0.3) is 0 Å². The maximum absolute atomic E-state index is 12.7. The summed E-state index contributed by atoms with van der Waals surface area (Å²) in [6, 6.07) is 9.55. The van der Waals surface area contributed by atoms with Gasteiger partial charge >= 0.3 is 0 Å². The van der Waals surface area contributed by atoms with Gasteiger partial charge in [0, 0.05) is 24.2 Å². The van der Waals surface area contributed by atoms with Crippen LogP contribution in [-0.4, -0.2) is 43.9 Å². The number of nitrogens with zero attached hydrogens (tertiary/aromatic N) is 3. The molecule has 3 aromatic rings. The van der Waals surface area contributed by atoms with Gasteiger partial charge in [0.2, 0.25) is 23.4 Å². The van der Waals surface area contributed by atoms with Crippen LogP contribution in [-0.2, 0) is 4.79 Å². The number of amides is 1. The van der Waals surface area contributed by atoms with E-state index in [2.05, 4.69) is 17.1 Å². The molecule has 31 heavy (non-hydrogen) atoms. The third-order valence-electron chi connectivity index (χ3n) is 5.64. The van der Waals surface area contributed by atoms with Crippen molar-refractivity contribution in [3.8, 4) is 28.6 Å². The molecule has 8 heteroatoms. The highest BCUT2D eigenvalue weighted by atomic mass is 16.5. The monoisotopic (exact) mass is 423 g/mol. The summed E-state index contributed by atoms with van der Waals surface area (Å²) in [4.78, 5) is 19.0. The predicted octanol–water partition coefficient (Wildman–Crippen LogP) is 3.90. The van der Waals surface area contributed by atoms with Crippen LogP contribution in [0.1, 0.15) is 29.4 Å². The number of carbonyl (C=O) groups is 1. The third-order valence-corrected chi connectivity index (χ3v) is 5.64. The summed E-state index contributed by atoms with van der Waals surface area (Å²) in [5.74, 6) is 2.19. The molecule has 1 atom stereocenters. The SMILES string of the molecule is COc1cc(-c2noc([C@H]3CC(=O)N(c4ccc(C)c(C)c4)C3)n2)cc(OC)c1OC. The molecule has 0 radical (unpaired) electrons. The van der Waals surface area contributed by atoms with Gasteiger partial charge in [-0.15, -0.1) is 0 Å². The molecule has 4 rings (SSSR count). The molecule has 1 aromatic heterocycles. The third kappa shape index (κ3) is 3.81. The number of benzene rings is 2. The van der Waals surface area contributed by atoms with Gasteiger partial charge in [0.15, 0.2) is 11.5 Å². The topological polar surface area (TPSA) is 86.9 Å². The largest absolute Gasteiger partial charge is 0.493 e. The van der Waals surface area contributed by atoms with E-state index in [-0.39, 0.29) is 11.8 Å². The number of anilines is 1. The second-order valence-corrected chi connectivity index (χ2v) is 7.54. The molecular weight excluding hydrogens is 398 g/mol. The lowest BCUT2D eigenvalue weighted by atomic mass is 10.1. The number of aromatic nitrogens is 2. The zero-order valence-corrected chi connectivity index (χ0v) is 18.3. The van der Waals surface area contributed by atoms with Crippen molar-refractivity contribution in [1.82, 2.24) is 10.1 Å². The highest BCUT2D eigenvalue weighted by Crippen LogP contribution is 2.41. The standard InChI is InChI=1S/C23H25N3O5/c1-13-6-7-17(8-14(13)2)26-12-16(11-20(26)27)23-24-22(25-31-23)15-9-18(28-3)21(30-5)19(10-15)29-4/h6-10,16H,11-12H2,1-5H3/t16-/m0/s1. The number of rotatable bonds is 6. The zero-order valence-electron chi connectivity index (χ0n) is 18.3. The van der Waals surface area contributed by atoms with Crippen LogP contribution in [0.4, 0.5) is 5.69 Å². The smallest absolute Gasteiger partial charge is 0.232 e. The number of hydrogen-bond donors (Lipinski definition) is 0. The highest BCUT2D eigenvalue weighted by Gasteiger charge is 2.35. The number of carbonyl (C=O) groups excluding carboxylic acids is 1. The first-order valence-corrected chi connectivity index (χ1v) is 9.96. The van der Waals surface area contributed by atoms with Crippen LogP contribution in [0.25, 0.3) is 11.4 Å². The number of aryl methyl sites for hydroxylation is 2. The fourth-order valence-corrected chi connectivity index (χ4v) is 3.74. The first-order valence-electron chi connectivity index (χ1n) is 9.96. The average molecular weight is 423 g/mol. The van der Waals surface area contributed by atoms with Crippen molar-refractivity contribution in [1.29, 1.82) is 0 Å². The minimum absolute atomic E-state index is 0.0424. The molecule has 1 amide bonds. The molecule has 162 valence electrons. The Morgan fingerprint density at radius 2 is 1.71 bits per heavy atom. The van der Waals surface area contributed by atoms with Crippen LogP contribution < -0.4 is 19.1 Å². The van der Waals surface area contributed by atoms with Crippen molar-refractivity contribution >= 4 is 11.6 Å². The number of ether oxygens (including phenoxy) is 3. The lowest BCUT2D eigenvalue weighted by Crippen LogP contribution is -2.24. The fraction of sp³-hybridized carbons (Fsp3) is 0.348. The number of hydrogen-bond acceptors (Lipinski definition) is 7. The van der Waals surface area contributed by atoms with Gasteiger partial charge < -0.3 is 23.6 Å². The molecule has 0 unspecified atom stereocenters. The predicted molar refractivity (Wildman–Crippen MR) is 115 cm³/mol. The average Bonchev–Trinajstić information content (AvgIpc) is 3.41. The van der Waals surface area contributed by atoms with E-state index in [0.29, 0.717) is 47.5 Å². The Balaban J connectivity index is 1.59. The van der Waals surface area contributed by atoms with Crippen molar-refractivity contribution in [2.75, 3.05) is 32.8 Å². The molecule has 2 heterocycles. The Hall–Kier alpha value is -3.55. The first kappa shape index (κ1) is 20.7. The second kappa shape index (κ2) is 8.29. The van der Waals surface area contributed by atoms with Gasteiger partial charge in [-0.05, 0) is 49.2 Å². The maximum Gasteiger partial charge on any atom is 0.232 e. The molecule has 0 N–H and O–H groups in total. The van der Waals surface area contributed by atoms with E-state index in [9.17, 15) is 4.79 Å². The maximum atomic E-state index is 12.7. The van der Waals surface area contributed by atoms with Crippen molar-refractivity contribution in [3.05, 3.63) is 47.3 Å². The Bertz CT molecular complexity index is 1100. The fourth-order valence-electron chi connectivity index (χ4n) is 3.74. The van der Waals surface area contributed by atoms with Crippen molar-refractivity contribution in [2.24, 2.45) is 0 Å². The molecule has 8 nitrogen and oxygen atoms in total. The van der Waals surface area contributed by atoms with Gasteiger partial charge in [-0.1, -0.05) is 11.2 Å². The van der Waals surface area contributed by atoms with Gasteiger partial charge in [-0.3, -0.25) is 4.79 Å². The van der Waals surface area contributed by atoms with Crippen molar-refractivity contribution in [3.63, 3.8) is 0 Å². The van der Waals surface area contributed by atoms with Gasteiger partial charge in [0.05, 0.1) is 27.2 Å². The van der Waals surface area contributed by atoms with Gasteiger partial charge in [-0.2, -0.15) is 4.98 Å². The van der Waals surface area contributed by atoms with Crippen LogP contribution in [0.5, 0.6) is 17.2 Å². The summed E-state index contributed by atoms with van der Waals surface area (Å²) in [7, 11) is 4.65. The van der Waals surface area contributed by atoms with Crippen LogP contribution >= 0.6 is 0 Å². The van der Waals surface area contributed by atoms with E-state index in [1.165, 1.54) is 5.56 Å². The Labute approximate surface area is 180 Å². The second-order valence-electron chi connectivity index (χ2n) is 7.54.